The van der Waals surface area contributed by atoms with Gasteiger partial charge in [0, 0.05) is 25.2 Å². The minimum Gasteiger partial charge on any atom is -0.381 e. The fraction of sp³-hybridized carbons (Fsp3) is 0.500. The van der Waals surface area contributed by atoms with Gasteiger partial charge in [-0.1, -0.05) is 12.1 Å². The smallest absolute Gasteiger partial charge is 0.224 e. The van der Waals surface area contributed by atoms with Crippen molar-refractivity contribution in [3.63, 3.8) is 0 Å². The topological polar surface area (TPSA) is 55.4 Å². The fourth-order valence-corrected chi connectivity index (χ4v) is 2.65. The Morgan fingerprint density at radius 2 is 2.00 bits per heavy atom. The zero-order valence-corrected chi connectivity index (χ0v) is 12.1. The summed E-state index contributed by atoms with van der Waals surface area (Å²) in [5, 5.41) is 2.88. The first-order valence-corrected chi connectivity index (χ1v) is 7.06. The second kappa shape index (κ2) is 6.66. The molecule has 0 atom stereocenters. The molecule has 0 spiro atoms. The molecule has 1 saturated heterocycles. The Morgan fingerprint density at radius 1 is 1.30 bits per heavy atom. The van der Waals surface area contributed by atoms with Gasteiger partial charge in [0.15, 0.2) is 5.78 Å². The zero-order valence-electron chi connectivity index (χ0n) is 12.1. The van der Waals surface area contributed by atoms with Crippen LogP contribution in [-0.2, 0) is 9.53 Å². The van der Waals surface area contributed by atoms with Gasteiger partial charge < -0.3 is 10.1 Å². The second-order valence-electron chi connectivity index (χ2n) is 5.36. The molecule has 1 aliphatic heterocycles. The third kappa shape index (κ3) is 3.67. The van der Waals surface area contributed by atoms with Crippen molar-refractivity contribution in [2.24, 2.45) is 5.92 Å². The number of nitrogens with one attached hydrogen (secondary N) is 1. The molecule has 1 heterocycles. The number of ether oxygens (including phenoxy) is 1. The highest BCUT2D eigenvalue weighted by molar-refractivity contribution is 6.04. The Kier molecular flexibility index (Phi) is 4.90. The summed E-state index contributed by atoms with van der Waals surface area (Å²) in [5.41, 5.74) is 2.11. The minimum atomic E-state index is -0.0236. The van der Waals surface area contributed by atoms with Crippen LogP contribution in [0.4, 0.5) is 5.69 Å². The first kappa shape index (κ1) is 14.7. The number of Topliss-reactive ketones (excluding diaryl/α,β-unsaturated/α-hetero) is 1. The predicted molar refractivity (Wildman–Crippen MR) is 78.0 cm³/mol. The maximum absolute atomic E-state index is 12.1. The van der Waals surface area contributed by atoms with Gasteiger partial charge in [0.25, 0.3) is 0 Å². The van der Waals surface area contributed by atoms with Crippen LogP contribution < -0.4 is 5.32 Å². The third-order valence-electron chi connectivity index (χ3n) is 3.71. The highest BCUT2D eigenvalue weighted by Gasteiger charge is 2.19. The van der Waals surface area contributed by atoms with Crippen molar-refractivity contribution in [3.05, 3.63) is 29.3 Å². The summed E-state index contributed by atoms with van der Waals surface area (Å²) in [4.78, 5) is 23.8. The van der Waals surface area contributed by atoms with Crippen LogP contribution in [0.2, 0.25) is 0 Å². The molecule has 0 unspecified atom stereocenters. The number of benzene rings is 1. The summed E-state index contributed by atoms with van der Waals surface area (Å²) in [6.07, 6.45) is 2.36. The predicted octanol–water partition coefficient (Wildman–Crippen LogP) is 2.95. The maximum atomic E-state index is 12.1. The van der Waals surface area contributed by atoms with Gasteiger partial charge >= 0.3 is 0 Å². The molecular formula is C16H21NO3. The molecule has 4 heteroatoms. The number of anilines is 1. The molecule has 0 saturated carbocycles. The van der Waals surface area contributed by atoms with Crippen molar-refractivity contribution < 1.29 is 14.3 Å². The lowest BCUT2D eigenvalue weighted by Crippen LogP contribution is -2.23. The molecule has 0 aromatic heterocycles. The summed E-state index contributed by atoms with van der Waals surface area (Å²) in [7, 11) is 0. The number of amides is 1. The van der Waals surface area contributed by atoms with Gasteiger partial charge in [0.05, 0.1) is 5.69 Å². The van der Waals surface area contributed by atoms with E-state index in [2.05, 4.69) is 5.32 Å². The standard InChI is InChI=1S/C16H21NO3/c1-11-4-3-5-14(16(11)12(2)18)17-15(19)10-13-6-8-20-9-7-13/h3-5,13H,6-10H2,1-2H3,(H,17,19). The zero-order chi connectivity index (χ0) is 14.5. The van der Waals surface area contributed by atoms with Crippen LogP contribution in [0.25, 0.3) is 0 Å². The maximum Gasteiger partial charge on any atom is 0.224 e. The van der Waals surface area contributed by atoms with Crippen LogP contribution in [-0.4, -0.2) is 24.9 Å². The van der Waals surface area contributed by atoms with E-state index in [-0.39, 0.29) is 11.7 Å². The summed E-state index contributed by atoms with van der Waals surface area (Å²) < 4.78 is 5.29. The van der Waals surface area contributed by atoms with Crippen LogP contribution in [0.15, 0.2) is 18.2 Å². The van der Waals surface area contributed by atoms with E-state index in [0.717, 1.165) is 31.6 Å². The monoisotopic (exact) mass is 275 g/mol. The van der Waals surface area contributed by atoms with E-state index < -0.39 is 0 Å². The summed E-state index contributed by atoms with van der Waals surface area (Å²) in [6.45, 7) is 4.88. The largest absolute Gasteiger partial charge is 0.381 e. The van der Waals surface area contributed by atoms with E-state index in [1.807, 2.05) is 19.1 Å². The van der Waals surface area contributed by atoms with Gasteiger partial charge in [-0.2, -0.15) is 0 Å². The Hall–Kier alpha value is -1.68. The van der Waals surface area contributed by atoms with E-state index in [0.29, 0.717) is 23.6 Å². The van der Waals surface area contributed by atoms with E-state index in [1.165, 1.54) is 6.92 Å². The lowest BCUT2D eigenvalue weighted by atomic mass is 9.96. The van der Waals surface area contributed by atoms with E-state index in [9.17, 15) is 9.59 Å². The lowest BCUT2D eigenvalue weighted by Gasteiger charge is -2.21. The average Bonchev–Trinajstić information content (AvgIpc) is 2.39. The number of carbonyl (C=O) groups excluding carboxylic acids is 2. The number of hydrogen-bond donors (Lipinski definition) is 1. The van der Waals surface area contributed by atoms with E-state index >= 15 is 0 Å². The highest BCUT2D eigenvalue weighted by atomic mass is 16.5. The summed E-state index contributed by atoms with van der Waals surface area (Å²) in [5.74, 6) is 0.337. The van der Waals surface area contributed by atoms with Crippen molar-refractivity contribution in [3.8, 4) is 0 Å². The highest BCUT2D eigenvalue weighted by Crippen LogP contribution is 2.23. The fourth-order valence-electron chi connectivity index (χ4n) is 2.65. The van der Waals surface area contributed by atoms with Crippen molar-refractivity contribution in [2.45, 2.75) is 33.1 Å². The summed E-state index contributed by atoms with van der Waals surface area (Å²) in [6, 6.07) is 5.52. The number of aryl methyl sites for hydroxylation is 1. The molecule has 1 amide bonds. The Labute approximate surface area is 119 Å². The number of ketones is 1. The van der Waals surface area contributed by atoms with Crippen molar-refractivity contribution in [1.29, 1.82) is 0 Å². The molecule has 0 bridgehead atoms. The van der Waals surface area contributed by atoms with Crippen LogP contribution in [0.1, 0.15) is 42.1 Å². The quantitative estimate of drug-likeness (QED) is 0.859. The molecule has 2 rings (SSSR count). The molecule has 108 valence electrons. The first-order chi connectivity index (χ1) is 9.58. The molecule has 1 aromatic rings. The first-order valence-electron chi connectivity index (χ1n) is 7.06. The van der Waals surface area contributed by atoms with Crippen LogP contribution in [0.3, 0.4) is 0 Å². The molecular weight excluding hydrogens is 254 g/mol. The van der Waals surface area contributed by atoms with E-state index in [1.54, 1.807) is 6.07 Å². The van der Waals surface area contributed by atoms with Gasteiger partial charge in [-0.05, 0) is 44.2 Å². The van der Waals surface area contributed by atoms with Crippen molar-refractivity contribution in [1.82, 2.24) is 0 Å². The molecule has 1 aromatic carbocycles. The van der Waals surface area contributed by atoms with Crippen molar-refractivity contribution in [2.75, 3.05) is 18.5 Å². The molecule has 1 fully saturated rings. The minimum absolute atomic E-state index is 0.0231. The van der Waals surface area contributed by atoms with Crippen molar-refractivity contribution >= 4 is 17.4 Å². The third-order valence-corrected chi connectivity index (χ3v) is 3.71. The van der Waals surface area contributed by atoms with E-state index in [4.69, 9.17) is 4.74 Å². The Balaban J connectivity index is 2.04. The normalized spacial score (nSPS) is 15.9. The summed E-state index contributed by atoms with van der Waals surface area (Å²) >= 11 is 0. The lowest BCUT2D eigenvalue weighted by molar-refractivity contribution is -0.117. The number of carbonyl (C=O) groups is 2. The van der Waals surface area contributed by atoms with Crippen LogP contribution >= 0.6 is 0 Å². The molecule has 0 aliphatic carbocycles. The van der Waals surface area contributed by atoms with Gasteiger partial charge in [0.1, 0.15) is 0 Å². The Bertz CT molecular complexity index is 504. The number of hydrogen-bond acceptors (Lipinski definition) is 3. The van der Waals surface area contributed by atoms with Gasteiger partial charge in [-0.3, -0.25) is 9.59 Å². The van der Waals surface area contributed by atoms with Gasteiger partial charge in [-0.15, -0.1) is 0 Å². The van der Waals surface area contributed by atoms with Gasteiger partial charge in [-0.25, -0.2) is 0 Å². The van der Waals surface area contributed by atoms with Crippen LogP contribution in [0.5, 0.6) is 0 Å². The van der Waals surface area contributed by atoms with Gasteiger partial charge in [0.2, 0.25) is 5.91 Å². The second-order valence-corrected chi connectivity index (χ2v) is 5.36. The Morgan fingerprint density at radius 3 is 2.65 bits per heavy atom. The molecule has 1 N–H and O–H groups in total. The number of rotatable bonds is 4. The van der Waals surface area contributed by atoms with Crippen LogP contribution in [0, 0.1) is 12.8 Å². The molecule has 0 radical (unpaired) electrons. The molecule has 20 heavy (non-hydrogen) atoms. The SMILES string of the molecule is CC(=O)c1c(C)cccc1NC(=O)CC1CCOCC1. The average molecular weight is 275 g/mol. The molecule has 4 nitrogen and oxygen atoms in total. The molecule has 1 aliphatic rings.